The standard InChI is InChI=1S/C21H22N2O4/c1-3-18-21(26)23(17-9-4-5-10-19(17)27-18)12-11-20(25)22-16-8-6-7-15(13-16)14(2)24/h4-10,13,18H,3,11-12H2,1-2H3,(H,22,25). The van der Waals surface area contributed by atoms with Gasteiger partial charge in [-0.15, -0.1) is 0 Å². The van der Waals surface area contributed by atoms with Crippen LogP contribution in [0.1, 0.15) is 37.0 Å². The summed E-state index contributed by atoms with van der Waals surface area (Å²) in [4.78, 5) is 38.1. The van der Waals surface area contributed by atoms with Crippen LogP contribution in [-0.2, 0) is 9.59 Å². The lowest BCUT2D eigenvalue weighted by molar-refractivity contribution is -0.126. The van der Waals surface area contributed by atoms with Crippen LogP contribution in [0.3, 0.4) is 0 Å². The zero-order chi connectivity index (χ0) is 19.4. The molecule has 27 heavy (non-hydrogen) atoms. The molecule has 1 atom stereocenters. The van der Waals surface area contributed by atoms with Gasteiger partial charge in [-0.1, -0.05) is 31.2 Å². The Hall–Kier alpha value is -3.15. The summed E-state index contributed by atoms with van der Waals surface area (Å²) in [6.45, 7) is 3.63. The molecule has 0 aliphatic carbocycles. The zero-order valence-electron chi connectivity index (χ0n) is 15.4. The number of benzene rings is 2. The fourth-order valence-corrected chi connectivity index (χ4v) is 3.02. The first-order valence-electron chi connectivity index (χ1n) is 8.97. The molecule has 6 nitrogen and oxygen atoms in total. The molecule has 0 radical (unpaired) electrons. The number of hydrogen-bond acceptors (Lipinski definition) is 4. The lowest BCUT2D eigenvalue weighted by Gasteiger charge is -2.33. The van der Waals surface area contributed by atoms with Crippen molar-refractivity contribution in [1.82, 2.24) is 0 Å². The minimum absolute atomic E-state index is 0.0628. The van der Waals surface area contributed by atoms with E-state index >= 15 is 0 Å². The average molecular weight is 366 g/mol. The van der Waals surface area contributed by atoms with Gasteiger partial charge in [0.05, 0.1) is 5.69 Å². The highest BCUT2D eigenvalue weighted by Crippen LogP contribution is 2.34. The molecule has 1 N–H and O–H groups in total. The molecule has 2 aromatic carbocycles. The van der Waals surface area contributed by atoms with Crippen LogP contribution in [0.5, 0.6) is 5.75 Å². The number of para-hydroxylation sites is 2. The van der Waals surface area contributed by atoms with Crippen LogP contribution in [0.2, 0.25) is 0 Å². The smallest absolute Gasteiger partial charge is 0.268 e. The van der Waals surface area contributed by atoms with Gasteiger partial charge in [0, 0.05) is 24.2 Å². The first-order valence-corrected chi connectivity index (χ1v) is 8.97. The molecule has 1 aliphatic heterocycles. The summed E-state index contributed by atoms with van der Waals surface area (Å²) < 4.78 is 5.74. The Balaban J connectivity index is 1.68. The number of carbonyl (C=O) groups is 3. The van der Waals surface area contributed by atoms with Crippen LogP contribution < -0.4 is 15.0 Å². The van der Waals surface area contributed by atoms with Crippen LogP contribution >= 0.6 is 0 Å². The molecule has 1 unspecified atom stereocenters. The number of Topliss-reactive ketones (excluding diaryl/α,β-unsaturated/α-hetero) is 1. The van der Waals surface area contributed by atoms with Gasteiger partial charge >= 0.3 is 0 Å². The van der Waals surface area contributed by atoms with Crippen molar-refractivity contribution < 1.29 is 19.1 Å². The van der Waals surface area contributed by atoms with E-state index in [1.165, 1.54) is 6.92 Å². The maximum Gasteiger partial charge on any atom is 0.268 e. The highest BCUT2D eigenvalue weighted by Gasteiger charge is 2.33. The molecule has 3 rings (SSSR count). The van der Waals surface area contributed by atoms with E-state index in [0.29, 0.717) is 29.1 Å². The first kappa shape index (κ1) is 18.6. The number of ketones is 1. The van der Waals surface area contributed by atoms with Crippen molar-refractivity contribution in [1.29, 1.82) is 0 Å². The summed E-state index contributed by atoms with van der Waals surface area (Å²) in [6, 6.07) is 14.1. The van der Waals surface area contributed by atoms with Crippen molar-refractivity contribution in [2.24, 2.45) is 0 Å². The second-order valence-corrected chi connectivity index (χ2v) is 6.41. The molecule has 0 saturated heterocycles. The summed E-state index contributed by atoms with van der Waals surface area (Å²) >= 11 is 0. The molecule has 1 aliphatic rings. The average Bonchev–Trinajstić information content (AvgIpc) is 2.67. The van der Waals surface area contributed by atoms with Gasteiger partial charge in [-0.25, -0.2) is 0 Å². The molecule has 0 saturated carbocycles. The van der Waals surface area contributed by atoms with Gasteiger partial charge in [0.1, 0.15) is 5.75 Å². The van der Waals surface area contributed by atoms with Gasteiger partial charge in [-0.3, -0.25) is 14.4 Å². The number of hydrogen-bond donors (Lipinski definition) is 1. The fourth-order valence-electron chi connectivity index (χ4n) is 3.02. The number of nitrogens with one attached hydrogen (secondary N) is 1. The van der Waals surface area contributed by atoms with Gasteiger partial charge in [0.2, 0.25) is 5.91 Å². The van der Waals surface area contributed by atoms with E-state index in [0.717, 1.165) is 0 Å². The SMILES string of the molecule is CCC1Oc2ccccc2N(CCC(=O)Nc2cccc(C(C)=O)c2)C1=O. The van der Waals surface area contributed by atoms with Crippen molar-refractivity contribution in [3.8, 4) is 5.75 Å². The number of fused-ring (bicyclic) bond motifs is 1. The van der Waals surface area contributed by atoms with E-state index in [2.05, 4.69) is 5.32 Å². The van der Waals surface area contributed by atoms with Crippen LogP contribution in [0.4, 0.5) is 11.4 Å². The summed E-state index contributed by atoms with van der Waals surface area (Å²) in [7, 11) is 0. The van der Waals surface area contributed by atoms with Crippen LogP contribution in [0, 0.1) is 0 Å². The molecule has 2 aromatic rings. The second kappa shape index (κ2) is 8.03. The van der Waals surface area contributed by atoms with E-state index in [1.807, 2.05) is 31.2 Å². The molecule has 6 heteroatoms. The van der Waals surface area contributed by atoms with E-state index < -0.39 is 6.10 Å². The first-order chi connectivity index (χ1) is 13.0. The molecular formula is C21H22N2O4. The molecule has 2 amide bonds. The quantitative estimate of drug-likeness (QED) is 0.795. The topological polar surface area (TPSA) is 75.7 Å². The Bertz CT molecular complexity index is 878. The lowest BCUT2D eigenvalue weighted by atomic mass is 10.1. The number of rotatable bonds is 6. The highest BCUT2D eigenvalue weighted by atomic mass is 16.5. The predicted octanol–water partition coefficient (Wildman–Crippen LogP) is 3.42. The molecule has 140 valence electrons. The number of anilines is 2. The van der Waals surface area contributed by atoms with Crippen molar-refractivity contribution >= 4 is 29.0 Å². The number of nitrogens with zero attached hydrogens (tertiary/aromatic N) is 1. The van der Waals surface area contributed by atoms with Gasteiger partial charge < -0.3 is 15.0 Å². The van der Waals surface area contributed by atoms with Crippen LogP contribution in [-0.4, -0.2) is 30.2 Å². The van der Waals surface area contributed by atoms with Crippen molar-refractivity contribution in [3.63, 3.8) is 0 Å². The van der Waals surface area contributed by atoms with Crippen molar-refractivity contribution in [2.75, 3.05) is 16.8 Å². The molecule has 0 fully saturated rings. The highest BCUT2D eigenvalue weighted by molar-refractivity contribution is 6.01. The Morgan fingerprint density at radius 1 is 1.15 bits per heavy atom. The van der Waals surface area contributed by atoms with Crippen LogP contribution in [0.15, 0.2) is 48.5 Å². The second-order valence-electron chi connectivity index (χ2n) is 6.41. The van der Waals surface area contributed by atoms with E-state index in [1.54, 1.807) is 29.2 Å². The van der Waals surface area contributed by atoms with Crippen LogP contribution in [0.25, 0.3) is 0 Å². The number of amides is 2. The summed E-state index contributed by atoms with van der Waals surface area (Å²) in [5.41, 5.74) is 1.78. The Morgan fingerprint density at radius 2 is 1.93 bits per heavy atom. The Morgan fingerprint density at radius 3 is 2.67 bits per heavy atom. The Labute approximate surface area is 158 Å². The largest absolute Gasteiger partial charge is 0.478 e. The third-order valence-corrected chi connectivity index (χ3v) is 4.45. The molecule has 0 spiro atoms. The van der Waals surface area contributed by atoms with Gasteiger partial charge in [0.15, 0.2) is 11.9 Å². The lowest BCUT2D eigenvalue weighted by Crippen LogP contribution is -2.46. The third kappa shape index (κ3) is 4.16. The summed E-state index contributed by atoms with van der Waals surface area (Å²) in [5.74, 6) is 0.230. The zero-order valence-corrected chi connectivity index (χ0v) is 15.4. The van der Waals surface area contributed by atoms with Crippen molar-refractivity contribution in [3.05, 3.63) is 54.1 Å². The van der Waals surface area contributed by atoms with Gasteiger partial charge in [-0.2, -0.15) is 0 Å². The van der Waals surface area contributed by atoms with Crippen molar-refractivity contribution in [2.45, 2.75) is 32.8 Å². The maximum atomic E-state index is 12.6. The molecule has 0 aromatic heterocycles. The fraction of sp³-hybridized carbons (Fsp3) is 0.286. The minimum atomic E-state index is -0.532. The normalized spacial score (nSPS) is 15.7. The maximum absolute atomic E-state index is 12.6. The van der Waals surface area contributed by atoms with Gasteiger partial charge in [-0.05, 0) is 37.6 Å². The monoisotopic (exact) mass is 366 g/mol. The third-order valence-electron chi connectivity index (χ3n) is 4.45. The van der Waals surface area contributed by atoms with E-state index in [4.69, 9.17) is 4.74 Å². The number of carbonyl (C=O) groups excluding carboxylic acids is 3. The van der Waals surface area contributed by atoms with E-state index in [9.17, 15) is 14.4 Å². The predicted molar refractivity (Wildman–Crippen MR) is 103 cm³/mol. The summed E-state index contributed by atoms with van der Waals surface area (Å²) in [6.07, 6.45) is 0.171. The molecule has 1 heterocycles. The molecule has 0 bridgehead atoms. The van der Waals surface area contributed by atoms with Gasteiger partial charge in [0.25, 0.3) is 5.91 Å². The summed E-state index contributed by atoms with van der Waals surface area (Å²) in [5, 5.41) is 2.78. The van der Waals surface area contributed by atoms with E-state index in [-0.39, 0.29) is 30.6 Å². The molecular weight excluding hydrogens is 344 g/mol. The minimum Gasteiger partial charge on any atom is -0.478 e. The number of ether oxygens (including phenoxy) is 1. The Kier molecular flexibility index (Phi) is 5.54.